The number of nitrogens with zero attached hydrogens (tertiary/aromatic N) is 4. The lowest BCUT2D eigenvalue weighted by Crippen LogP contribution is -2.42. The molecule has 5 heteroatoms. The second-order valence-corrected chi connectivity index (χ2v) is 10.1. The van der Waals surface area contributed by atoms with Gasteiger partial charge in [-0.25, -0.2) is 0 Å². The van der Waals surface area contributed by atoms with E-state index in [1.165, 1.54) is 27.6 Å². The zero-order valence-electron chi connectivity index (χ0n) is 18.5. The average molecular weight is 419 g/mol. The van der Waals surface area contributed by atoms with Gasteiger partial charge in [-0.15, -0.1) is 0 Å². The van der Waals surface area contributed by atoms with Gasteiger partial charge in [0.05, 0.1) is 17.3 Å². The highest BCUT2D eigenvalue weighted by atomic mass is 32.2. The highest BCUT2D eigenvalue weighted by Crippen LogP contribution is 2.50. The Morgan fingerprint density at radius 2 is 2.03 bits per heavy atom. The molecule has 0 spiro atoms. The van der Waals surface area contributed by atoms with Crippen molar-refractivity contribution in [1.29, 1.82) is 0 Å². The lowest BCUT2D eigenvalue weighted by atomic mass is 9.86. The smallest absolute Gasteiger partial charge is 0.160 e. The summed E-state index contributed by atoms with van der Waals surface area (Å²) < 4.78 is 0. The van der Waals surface area contributed by atoms with Crippen LogP contribution < -0.4 is 4.90 Å². The van der Waals surface area contributed by atoms with Crippen LogP contribution in [0, 0.1) is 0 Å². The summed E-state index contributed by atoms with van der Waals surface area (Å²) in [5.74, 6) is 1.13. The number of hydrogen-bond acceptors (Lipinski definition) is 5. The Hall–Kier alpha value is -2.27. The zero-order valence-corrected chi connectivity index (χ0v) is 19.3. The second kappa shape index (κ2) is 7.16. The minimum atomic E-state index is 0.0254. The van der Waals surface area contributed by atoms with Crippen molar-refractivity contribution in [3.8, 4) is 0 Å². The molecule has 0 bridgehead atoms. The fourth-order valence-corrected chi connectivity index (χ4v) is 6.41. The van der Waals surface area contributed by atoms with E-state index in [1.807, 2.05) is 24.0 Å². The van der Waals surface area contributed by atoms with Gasteiger partial charge in [0.1, 0.15) is 6.04 Å². The van der Waals surface area contributed by atoms with Crippen LogP contribution in [-0.4, -0.2) is 39.4 Å². The van der Waals surface area contributed by atoms with Crippen molar-refractivity contribution in [3.05, 3.63) is 65.5 Å². The monoisotopic (exact) mass is 418 g/mol. The molecule has 0 radical (unpaired) electrons. The molecular formula is C25H30N4S. The van der Waals surface area contributed by atoms with E-state index in [0.717, 1.165) is 17.9 Å². The van der Waals surface area contributed by atoms with Crippen LogP contribution in [0.25, 0.3) is 5.57 Å². The van der Waals surface area contributed by atoms with Crippen LogP contribution in [0.15, 0.2) is 53.7 Å². The predicted molar refractivity (Wildman–Crippen MR) is 128 cm³/mol. The number of aliphatic imine (C=N–C) groups is 1. The summed E-state index contributed by atoms with van der Waals surface area (Å²) in [6, 6.07) is 14.0. The summed E-state index contributed by atoms with van der Waals surface area (Å²) in [5.41, 5.74) is 6.42. The van der Waals surface area contributed by atoms with E-state index >= 15 is 0 Å². The SMILES string of the molecule is CC[C@@H]1CSC2=N[C@@H](c3ccccn3)[C@@H](c3ccc4c(c3)C(C)=CC(C)(C)N4C)N21. The number of hydrogen-bond donors (Lipinski definition) is 0. The van der Waals surface area contributed by atoms with Crippen LogP contribution in [0.4, 0.5) is 5.69 Å². The van der Waals surface area contributed by atoms with Gasteiger partial charge in [0.25, 0.3) is 0 Å². The molecule has 4 nitrogen and oxygen atoms in total. The molecule has 0 N–H and O–H groups in total. The highest BCUT2D eigenvalue weighted by molar-refractivity contribution is 8.14. The van der Waals surface area contributed by atoms with Gasteiger partial charge in [-0.1, -0.05) is 36.9 Å². The van der Waals surface area contributed by atoms with Crippen molar-refractivity contribution < 1.29 is 0 Å². The van der Waals surface area contributed by atoms with E-state index in [-0.39, 0.29) is 17.6 Å². The Morgan fingerprint density at radius 3 is 2.77 bits per heavy atom. The lowest BCUT2D eigenvalue weighted by molar-refractivity contribution is 0.255. The van der Waals surface area contributed by atoms with E-state index in [9.17, 15) is 0 Å². The van der Waals surface area contributed by atoms with Crippen molar-refractivity contribution in [2.75, 3.05) is 17.7 Å². The fraction of sp³-hybridized carbons (Fsp3) is 0.440. The third-order valence-electron chi connectivity index (χ3n) is 6.91. The Labute approximate surface area is 184 Å². The number of allylic oxidation sites excluding steroid dienone is 1. The first-order valence-electron chi connectivity index (χ1n) is 10.9. The zero-order chi connectivity index (χ0) is 21.0. The number of amidine groups is 1. The Bertz CT molecular complexity index is 1030. The molecule has 3 atom stereocenters. The number of aromatic nitrogens is 1. The van der Waals surface area contributed by atoms with Crippen LogP contribution in [0.1, 0.15) is 63.0 Å². The number of rotatable bonds is 3. The van der Waals surface area contributed by atoms with E-state index in [4.69, 9.17) is 4.99 Å². The maximum absolute atomic E-state index is 5.16. The molecule has 0 unspecified atom stereocenters. The third kappa shape index (κ3) is 2.97. The molecule has 0 amide bonds. The summed E-state index contributed by atoms with van der Waals surface area (Å²) in [7, 11) is 2.19. The molecule has 4 heterocycles. The van der Waals surface area contributed by atoms with E-state index in [2.05, 4.69) is 85.9 Å². The maximum Gasteiger partial charge on any atom is 0.160 e. The molecule has 1 aromatic heterocycles. The van der Waals surface area contributed by atoms with Crippen molar-refractivity contribution in [2.45, 2.75) is 57.8 Å². The number of fused-ring (bicyclic) bond motifs is 2. The molecule has 3 aliphatic heterocycles. The fourth-order valence-electron chi connectivity index (χ4n) is 5.07. The van der Waals surface area contributed by atoms with Crippen LogP contribution in [0.3, 0.4) is 0 Å². The second-order valence-electron chi connectivity index (χ2n) is 9.15. The molecule has 0 saturated carbocycles. The van der Waals surface area contributed by atoms with Crippen LogP contribution >= 0.6 is 11.8 Å². The summed E-state index contributed by atoms with van der Waals surface area (Å²) >= 11 is 1.90. The summed E-state index contributed by atoms with van der Waals surface area (Å²) in [6.07, 6.45) is 5.40. The molecule has 30 heavy (non-hydrogen) atoms. The van der Waals surface area contributed by atoms with Gasteiger partial charge in [0.15, 0.2) is 5.17 Å². The quantitative estimate of drug-likeness (QED) is 0.641. The molecule has 5 rings (SSSR count). The number of anilines is 1. The van der Waals surface area contributed by atoms with Gasteiger partial charge in [0, 0.05) is 36.3 Å². The van der Waals surface area contributed by atoms with E-state index < -0.39 is 0 Å². The molecule has 1 fully saturated rings. The number of benzene rings is 1. The standard InChI is InChI=1S/C25H30N4S/c1-6-18-15-30-24-27-22(20-9-7-8-12-26-20)23(29(18)24)17-10-11-21-19(13-17)16(2)14-25(3,4)28(21)5/h7-14,18,22-23H,6,15H2,1-5H3/t18-,22+,23-/m1/s1. The number of likely N-dealkylation sites (N-methyl/N-ethyl adjacent to an activating group) is 1. The third-order valence-corrected chi connectivity index (χ3v) is 8.04. The molecule has 156 valence electrons. The van der Waals surface area contributed by atoms with Gasteiger partial charge in [-0.2, -0.15) is 0 Å². The molecular weight excluding hydrogens is 388 g/mol. The Morgan fingerprint density at radius 1 is 1.20 bits per heavy atom. The van der Waals surface area contributed by atoms with Crippen molar-refractivity contribution in [1.82, 2.24) is 9.88 Å². The molecule has 1 saturated heterocycles. The van der Waals surface area contributed by atoms with Crippen LogP contribution in [0.5, 0.6) is 0 Å². The van der Waals surface area contributed by atoms with Gasteiger partial charge in [0.2, 0.25) is 0 Å². The summed E-state index contributed by atoms with van der Waals surface area (Å²) in [5, 5.41) is 1.19. The molecule has 0 aliphatic carbocycles. The average Bonchev–Trinajstić information content (AvgIpc) is 3.31. The summed E-state index contributed by atoms with van der Waals surface area (Å²) in [4.78, 5) is 14.8. The van der Waals surface area contributed by atoms with E-state index in [1.54, 1.807) is 0 Å². The highest BCUT2D eigenvalue weighted by Gasteiger charge is 2.45. The first-order valence-corrected chi connectivity index (χ1v) is 11.9. The Balaban J connectivity index is 1.62. The topological polar surface area (TPSA) is 31.7 Å². The van der Waals surface area contributed by atoms with Crippen molar-refractivity contribution >= 4 is 28.2 Å². The summed E-state index contributed by atoms with van der Waals surface area (Å²) in [6.45, 7) is 9.07. The predicted octanol–water partition coefficient (Wildman–Crippen LogP) is 5.69. The lowest BCUT2D eigenvalue weighted by Gasteiger charge is -2.41. The van der Waals surface area contributed by atoms with E-state index in [0.29, 0.717) is 6.04 Å². The maximum atomic E-state index is 5.16. The van der Waals surface area contributed by atoms with Gasteiger partial charge < -0.3 is 9.80 Å². The molecule has 3 aliphatic rings. The first-order chi connectivity index (χ1) is 14.4. The first kappa shape index (κ1) is 19.7. The normalized spacial score (nSPS) is 26.9. The van der Waals surface area contributed by atoms with Crippen molar-refractivity contribution in [3.63, 3.8) is 0 Å². The van der Waals surface area contributed by atoms with Crippen LogP contribution in [0.2, 0.25) is 0 Å². The van der Waals surface area contributed by atoms with Gasteiger partial charge in [-0.3, -0.25) is 9.98 Å². The number of thioether (sulfide) groups is 1. The van der Waals surface area contributed by atoms with Gasteiger partial charge >= 0.3 is 0 Å². The van der Waals surface area contributed by atoms with Gasteiger partial charge in [-0.05, 0) is 62.6 Å². The molecule has 2 aromatic rings. The largest absolute Gasteiger partial charge is 0.366 e. The minimum absolute atomic E-state index is 0.0254. The minimum Gasteiger partial charge on any atom is -0.366 e. The van der Waals surface area contributed by atoms with Crippen molar-refractivity contribution in [2.24, 2.45) is 4.99 Å². The van der Waals surface area contributed by atoms with Crippen LogP contribution in [-0.2, 0) is 0 Å². The molecule has 1 aromatic carbocycles. The Kier molecular flexibility index (Phi) is 4.69. The number of pyridine rings is 1.